The fourth-order valence-corrected chi connectivity index (χ4v) is 5.39. The van der Waals surface area contributed by atoms with Gasteiger partial charge in [-0.3, -0.25) is 9.69 Å². The molecule has 0 atom stereocenters. The van der Waals surface area contributed by atoms with Crippen LogP contribution in [0.2, 0.25) is 0 Å². The molecule has 1 aliphatic carbocycles. The molecule has 1 saturated heterocycles. The predicted molar refractivity (Wildman–Crippen MR) is 130 cm³/mol. The number of aryl methyl sites for hydroxylation is 3. The molecule has 2 fully saturated rings. The van der Waals surface area contributed by atoms with E-state index in [0.29, 0.717) is 6.54 Å². The Morgan fingerprint density at radius 1 is 0.969 bits per heavy atom. The van der Waals surface area contributed by atoms with E-state index in [1.807, 2.05) is 23.1 Å². The van der Waals surface area contributed by atoms with E-state index in [1.165, 1.54) is 12.0 Å². The number of nitrogens with one attached hydrogen (secondary N) is 1. The molecule has 2 aromatic rings. The average molecular weight is 434 g/mol. The van der Waals surface area contributed by atoms with E-state index in [0.717, 1.165) is 61.0 Å². The van der Waals surface area contributed by atoms with Crippen LogP contribution in [0.3, 0.4) is 0 Å². The first kappa shape index (κ1) is 22.4. The number of rotatable bonds is 6. The third-order valence-corrected chi connectivity index (χ3v) is 7.10. The van der Waals surface area contributed by atoms with Crippen LogP contribution in [0, 0.1) is 6.92 Å². The van der Waals surface area contributed by atoms with Gasteiger partial charge < -0.3 is 10.2 Å². The highest BCUT2D eigenvalue weighted by Crippen LogP contribution is 2.42. The van der Waals surface area contributed by atoms with Gasteiger partial charge in [0.25, 0.3) is 0 Å². The van der Waals surface area contributed by atoms with Crippen LogP contribution in [0.4, 0.5) is 16.2 Å². The van der Waals surface area contributed by atoms with Crippen molar-refractivity contribution in [2.24, 2.45) is 0 Å². The molecule has 0 unspecified atom stereocenters. The van der Waals surface area contributed by atoms with Crippen molar-refractivity contribution < 1.29 is 9.59 Å². The third-order valence-electron chi connectivity index (χ3n) is 7.10. The minimum atomic E-state index is -0.208. The van der Waals surface area contributed by atoms with Gasteiger partial charge in [-0.1, -0.05) is 69.0 Å². The number of nitrogens with zero attached hydrogens (tertiary/aromatic N) is 2. The highest BCUT2D eigenvalue weighted by molar-refractivity contribution is 6.01. The van der Waals surface area contributed by atoms with E-state index in [-0.39, 0.29) is 24.0 Å². The van der Waals surface area contributed by atoms with Crippen molar-refractivity contribution in [2.45, 2.75) is 71.3 Å². The first-order valence-corrected chi connectivity index (χ1v) is 12.0. The van der Waals surface area contributed by atoms with Crippen LogP contribution in [0.5, 0.6) is 0 Å². The van der Waals surface area contributed by atoms with Gasteiger partial charge in [0.05, 0.1) is 5.54 Å². The predicted octanol–water partition coefficient (Wildman–Crippen LogP) is 5.70. The lowest BCUT2D eigenvalue weighted by molar-refractivity contribution is -0.116. The molecule has 1 aliphatic heterocycles. The summed E-state index contributed by atoms with van der Waals surface area (Å²) in [5.41, 5.74) is 5.09. The van der Waals surface area contributed by atoms with Gasteiger partial charge in [-0.15, -0.1) is 0 Å². The molecule has 2 aromatic carbocycles. The number of anilines is 2. The molecule has 4 rings (SSSR count). The van der Waals surface area contributed by atoms with Crippen molar-refractivity contribution >= 4 is 23.3 Å². The average Bonchev–Trinajstić information content (AvgIpc) is 3.05. The topological polar surface area (TPSA) is 52.7 Å². The second-order valence-electron chi connectivity index (χ2n) is 9.30. The normalized spacial score (nSPS) is 17.8. The van der Waals surface area contributed by atoms with Crippen LogP contribution >= 0.6 is 0 Å². The number of hydrogen-bond acceptors (Lipinski definition) is 2. The molecule has 0 radical (unpaired) electrons. The van der Waals surface area contributed by atoms with E-state index >= 15 is 0 Å². The summed E-state index contributed by atoms with van der Waals surface area (Å²) < 4.78 is 0. The highest BCUT2D eigenvalue weighted by Gasteiger charge is 2.50. The minimum absolute atomic E-state index is 0.0506. The molecule has 2 aliphatic rings. The van der Waals surface area contributed by atoms with Crippen LogP contribution < -0.4 is 10.2 Å². The summed E-state index contributed by atoms with van der Waals surface area (Å²) in [5, 5.41) is 3.13. The van der Waals surface area contributed by atoms with E-state index in [4.69, 9.17) is 0 Å². The van der Waals surface area contributed by atoms with E-state index in [9.17, 15) is 9.59 Å². The molecule has 5 nitrogen and oxygen atoms in total. The van der Waals surface area contributed by atoms with Crippen LogP contribution in [0.1, 0.15) is 62.6 Å². The maximum Gasteiger partial charge on any atom is 0.325 e. The van der Waals surface area contributed by atoms with Crippen molar-refractivity contribution in [3.63, 3.8) is 0 Å². The van der Waals surface area contributed by atoms with Gasteiger partial charge in [-0.25, -0.2) is 4.79 Å². The van der Waals surface area contributed by atoms with E-state index in [2.05, 4.69) is 50.4 Å². The minimum Gasteiger partial charge on any atom is -0.324 e. The zero-order valence-electron chi connectivity index (χ0n) is 19.6. The van der Waals surface area contributed by atoms with E-state index in [1.54, 1.807) is 4.90 Å². The fourth-order valence-electron chi connectivity index (χ4n) is 5.39. The van der Waals surface area contributed by atoms with Crippen molar-refractivity contribution in [3.05, 3.63) is 59.2 Å². The molecule has 5 heteroatoms. The Labute approximate surface area is 191 Å². The van der Waals surface area contributed by atoms with Gasteiger partial charge in [-0.05, 0) is 55.9 Å². The maximum atomic E-state index is 13.6. The molecule has 0 aromatic heterocycles. The van der Waals surface area contributed by atoms with Crippen molar-refractivity contribution in [3.8, 4) is 0 Å². The molecule has 32 heavy (non-hydrogen) atoms. The van der Waals surface area contributed by atoms with Gasteiger partial charge in [-0.2, -0.15) is 0 Å². The summed E-state index contributed by atoms with van der Waals surface area (Å²) in [6.07, 6.45) is 7.16. The quantitative estimate of drug-likeness (QED) is 0.635. The van der Waals surface area contributed by atoms with Gasteiger partial charge in [0.2, 0.25) is 5.91 Å². The zero-order valence-corrected chi connectivity index (χ0v) is 19.6. The molecule has 1 spiro atoms. The van der Waals surface area contributed by atoms with Gasteiger partial charge in [0.1, 0.15) is 6.54 Å². The molecule has 3 amide bonds. The largest absolute Gasteiger partial charge is 0.325 e. The number of carbonyl (C=O) groups is 2. The molecular weight excluding hydrogens is 398 g/mol. The first-order chi connectivity index (χ1) is 15.5. The summed E-state index contributed by atoms with van der Waals surface area (Å²) in [6, 6.07) is 14.3. The Bertz CT molecular complexity index is 955. The Morgan fingerprint density at radius 3 is 2.19 bits per heavy atom. The van der Waals surface area contributed by atoms with Crippen molar-refractivity contribution in [2.75, 3.05) is 23.3 Å². The van der Waals surface area contributed by atoms with Gasteiger partial charge in [0, 0.05) is 17.9 Å². The Balaban J connectivity index is 1.56. The van der Waals surface area contributed by atoms with Crippen LogP contribution in [-0.4, -0.2) is 35.5 Å². The van der Waals surface area contributed by atoms with Crippen LogP contribution in [-0.2, 0) is 17.6 Å². The number of urea groups is 1. The Hall–Kier alpha value is -2.82. The number of carbonyl (C=O) groups excluding carboxylic acids is 2. The fraction of sp³-hybridized carbons (Fsp3) is 0.481. The molecule has 0 bridgehead atoms. The SMILES string of the molecule is CCc1cccc(CC)c1NC(=O)CN1CC2(CCCCC2)N(c2ccc(C)cc2)C1=O. The molecule has 1 saturated carbocycles. The second kappa shape index (κ2) is 9.35. The highest BCUT2D eigenvalue weighted by atomic mass is 16.2. The maximum absolute atomic E-state index is 13.6. The third kappa shape index (κ3) is 4.25. The second-order valence-corrected chi connectivity index (χ2v) is 9.30. The summed E-state index contributed by atoms with van der Waals surface area (Å²) >= 11 is 0. The van der Waals surface area contributed by atoms with Gasteiger partial charge >= 0.3 is 6.03 Å². The molecule has 1 heterocycles. The number of para-hydroxylation sites is 1. The summed E-state index contributed by atoms with van der Waals surface area (Å²) in [6.45, 7) is 6.95. The van der Waals surface area contributed by atoms with Gasteiger partial charge in [0.15, 0.2) is 0 Å². The number of benzene rings is 2. The summed E-state index contributed by atoms with van der Waals surface area (Å²) in [4.78, 5) is 30.4. The smallest absolute Gasteiger partial charge is 0.324 e. The van der Waals surface area contributed by atoms with Crippen LogP contribution in [0.15, 0.2) is 42.5 Å². The zero-order chi connectivity index (χ0) is 22.7. The standard InChI is InChI=1S/C27H35N3O2/c1-4-21-10-9-11-22(5-2)25(21)28-24(31)18-29-19-27(16-7-6-8-17-27)30(26(29)32)23-14-12-20(3)13-15-23/h9-15H,4-8,16-19H2,1-3H3,(H,28,31). The van der Waals surface area contributed by atoms with Crippen molar-refractivity contribution in [1.29, 1.82) is 0 Å². The Morgan fingerprint density at radius 2 is 1.59 bits per heavy atom. The monoisotopic (exact) mass is 433 g/mol. The first-order valence-electron chi connectivity index (χ1n) is 12.0. The number of amides is 3. The van der Waals surface area contributed by atoms with Crippen molar-refractivity contribution in [1.82, 2.24) is 4.90 Å². The lowest BCUT2D eigenvalue weighted by Crippen LogP contribution is -2.48. The molecule has 170 valence electrons. The van der Waals surface area contributed by atoms with Crippen LogP contribution in [0.25, 0.3) is 0 Å². The summed E-state index contributed by atoms with van der Waals surface area (Å²) in [7, 11) is 0. The molecular formula is C27H35N3O2. The lowest BCUT2D eigenvalue weighted by Gasteiger charge is -2.40. The Kier molecular flexibility index (Phi) is 6.54. The molecule has 1 N–H and O–H groups in total. The summed E-state index contributed by atoms with van der Waals surface area (Å²) in [5.74, 6) is -0.120. The number of hydrogen-bond donors (Lipinski definition) is 1. The van der Waals surface area contributed by atoms with E-state index < -0.39 is 0 Å². The lowest BCUT2D eigenvalue weighted by atomic mass is 9.81.